The number of pyridine rings is 1. The molecule has 0 bridgehead atoms. The number of nitrogens with zero attached hydrogens (tertiary/aromatic N) is 2. The molecule has 2 aromatic rings. The molecule has 3 nitrogen and oxygen atoms in total. The molecule has 3 heteroatoms. The second-order valence-corrected chi connectivity index (χ2v) is 3.93. The van der Waals surface area contributed by atoms with Gasteiger partial charge in [0.25, 0.3) is 0 Å². The first kappa shape index (κ1) is 8.00. The summed E-state index contributed by atoms with van der Waals surface area (Å²) in [7, 11) is 2.06. The standard InChI is InChI=1S/C11H13N3/c1-14-7-10(8-5-12-6-8)9-3-2-4-13-11(9)14/h2-4,7-8,12H,5-6H2,1H3. The molecule has 0 amide bonds. The van der Waals surface area contributed by atoms with E-state index in [1.54, 1.807) is 0 Å². The highest BCUT2D eigenvalue weighted by atomic mass is 15.0. The zero-order valence-electron chi connectivity index (χ0n) is 8.20. The zero-order valence-corrected chi connectivity index (χ0v) is 8.20. The van der Waals surface area contributed by atoms with Crippen LogP contribution in [0.1, 0.15) is 11.5 Å². The molecule has 3 rings (SSSR count). The first-order valence-electron chi connectivity index (χ1n) is 4.97. The van der Waals surface area contributed by atoms with Crippen LogP contribution in [-0.4, -0.2) is 22.6 Å². The smallest absolute Gasteiger partial charge is 0.139 e. The van der Waals surface area contributed by atoms with E-state index < -0.39 is 0 Å². The Morgan fingerprint density at radius 2 is 2.36 bits per heavy atom. The molecule has 2 aromatic heterocycles. The molecule has 72 valence electrons. The number of nitrogens with one attached hydrogen (secondary N) is 1. The van der Waals surface area contributed by atoms with Gasteiger partial charge in [-0.25, -0.2) is 4.98 Å². The quantitative estimate of drug-likeness (QED) is 0.728. The maximum Gasteiger partial charge on any atom is 0.139 e. The molecular weight excluding hydrogens is 174 g/mol. The van der Waals surface area contributed by atoms with Crippen molar-refractivity contribution in [2.24, 2.45) is 7.05 Å². The van der Waals surface area contributed by atoms with Gasteiger partial charge in [0, 0.05) is 43.8 Å². The Balaban J connectivity index is 2.23. The van der Waals surface area contributed by atoms with Gasteiger partial charge >= 0.3 is 0 Å². The molecule has 0 spiro atoms. The van der Waals surface area contributed by atoms with Crippen LogP contribution in [0.15, 0.2) is 24.5 Å². The molecule has 1 aliphatic rings. The number of hydrogen-bond acceptors (Lipinski definition) is 2. The van der Waals surface area contributed by atoms with E-state index in [4.69, 9.17) is 0 Å². The van der Waals surface area contributed by atoms with Crippen molar-refractivity contribution < 1.29 is 0 Å². The molecule has 0 radical (unpaired) electrons. The summed E-state index contributed by atoms with van der Waals surface area (Å²) in [5, 5.41) is 4.61. The lowest BCUT2D eigenvalue weighted by atomic mass is 9.94. The second kappa shape index (κ2) is 2.82. The van der Waals surface area contributed by atoms with Crippen LogP contribution in [0.4, 0.5) is 0 Å². The molecule has 1 aliphatic heterocycles. The van der Waals surface area contributed by atoms with Gasteiger partial charge in [0.2, 0.25) is 0 Å². The Kier molecular flexibility index (Phi) is 1.61. The number of rotatable bonds is 1. The van der Waals surface area contributed by atoms with Crippen molar-refractivity contribution in [3.63, 3.8) is 0 Å². The molecule has 3 heterocycles. The fourth-order valence-corrected chi connectivity index (χ4v) is 2.08. The molecular formula is C11H13N3. The van der Waals surface area contributed by atoms with Gasteiger partial charge in [-0.2, -0.15) is 0 Å². The normalized spacial score (nSPS) is 17.2. The minimum Gasteiger partial charge on any atom is -0.335 e. The zero-order chi connectivity index (χ0) is 9.54. The maximum atomic E-state index is 4.38. The predicted molar refractivity (Wildman–Crippen MR) is 56.3 cm³/mol. The summed E-state index contributed by atoms with van der Waals surface area (Å²) in [4.78, 5) is 4.38. The molecule has 14 heavy (non-hydrogen) atoms. The van der Waals surface area contributed by atoms with E-state index in [9.17, 15) is 0 Å². The first-order chi connectivity index (χ1) is 6.86. The highest BCUT2D eigenvalue weighted by Crippen LogP contribution is 2.28. The van der Waals surface area contributed by atoms with E-state index >= 15 is 0 Å². The van der Waals surface area contributed by atoms with Crippen molar-refractivity contribution in [1.82, 2.24) is 14.9 Å². The summed E-state index contributed by atoms with van der Waals surface area (Å²) < 4.78 is 2.11. The summed E-state index contributed by atoms with van der Waals surface area (Å²) in [6.07, 6.45) is 4.06. The highest BCUT2D eigenvalue weighted by molar-refractivity contribution is 5.81. The average molecular weight is 187 g/mol. The first-order valence-corrected chi connectivity index (χ1v) is 4.97. The number of aromatic nitrogens is 2. The number of hydrogen-bond donors (Lipinski definition) is 1. The van der Waals surface area contributed by atoms with Gasteiger partial charge in [0.15, 0.2) is 0 Å². The van der Waals surface area contributed by atoms with Gasteiger partial charge in [-0.3, -0.25) is 0 Å². The van der Waals surface area contributed by atoms with Crippen molar-refractivity contribution in [3.05, 3.63) is 30.1 Å². The van der Waals surface area contributed by atoms with E-state index in [0.29, 0.717) is 5.92 Å². The van der Waals surface area contributed by atoms with E-state index in [2.05, 4.69) is 34.2 Å². The molecule has 0 atom stereocenters. The van der Waals surface area contributed by atoms with Gasteiger partial charge in [-0.1, -0.05) is 0 Å². The predicted octanol–water partition coefficient (Wildman–Crippen LogP) is 1.26. The lowest BCUT2D eigenvalue weighted by Crippen LogP contribution is -2.39. The van der Waals surface area contributed by atoms with E-state index in [0.717, 1.165) is 18.7 Å². The lowest BCUT2D eigenvalue weighted by molar-refractivity contribution is 0.450. The van der Waals surface area contributed by atoms with Gasteiger partial charge in [0.1, 0.15) is 5.65 Å². The lowest BCUT2D eigenvalue weighted by Gasteiger charge is -2.26. The molecule has 1 N–H and O–H groups in total. The minimum atomic E-state index is 0.683. The maximum absolute atomic E-state index is 4.38. The van der Waals surface area contributed by atoms with Crippen LogP contribution in [-0.2, 0) is 7.05 Å². The second-order valence-electron chi connectivity index (χ2n) is 3.93. The van der Waals surface area contributed by atoms with Crippen molar-refractivity contribution in [2.45, 2.75) is 5.92 Å². The largest absolute Gasteiger partial charge is 0.335 e. The fourth-order valence-electron chi connectivity index (χ4n) is 2.08. The molecule has 1 saturated heterocycles. The Labute approximate surface area is 82.8 Å². The van der Waals surface area contributed by atoms with Gasteiger partial charge in [-0.15, -0.1) is 0 Å². The molecule has 0 aliphatic carbocycles. The van der Waals surface area contributed by atoms with Crippen LogP contribution >= 0.6 is 0 Å². The van der Waals surface area contributed by atoms with Crippen molar-refractivity contribution in [3.8, 4) is 0 Å². The van der Waals surface area contributed by atoms with Crippen molar-refractivity contribution in [2.75, 3.05) is 13.1 Å². The van der Waals surface area contributed by atoms with E-state index in [-0.39, 0.29) is 0 Å². The summed E-state index contributed by atoms with van der Waals surface area (Å²) >= 11 is 0. The number of fused-ring (bicyclic) bond motifs is 1. The summed E-state index contributed by atoms with van der Waals surface area (Å²) in [6.45, 7) is 2.21. The Hall–Kier alpha value is -1.35. The van der Waals surface area contributed by atoms with Crippen LogP contribution in [0.2, 0.25) is 0 Å². The molecule has 0 unspecified atom stereocenters. The van der Waals surface area contributed by atoms with Crippen LogP contribution in [0.5, 0.6) is 0 Å². The third-order valence-corrected chi connectivity index (χ3v) is 2.99. The van der Waals surface area contributed by atoms with E-state index in [1.807, 2.05) is 12.3 Å². The topological polar surface area (TPSA) is 29.9 Å². The minimum absolute atomic E-state index is 0.683. The third kappa shape index (κ3) is 0.990. The monoisotopic (exact) mass is 187 g/mol. The van der Waals surface area contributed by atoms with Crippen LogP contribution in [0, 0.1) is 0 Å². The highest BCUT2D eigenvalue weighted by Gasteiger charge is 2.22. The van der Waals surface area contributed by atoms with Gasteiger partial charge in [0.05, 0.1) is 0 Å². The summed E-state index contributed by atoms with van der Waals surface area (Å²) in [6, 6.07) is 4.17. The fraction of sp³-hybridized carbons (Fsp3) is 0.364. The SMILES string of the molecule is Cn1cc(C2CNC2)c2cccnc21. The Morgan fingerprint density at radius 1 is 1.50 bits per heavy atom. The summed E-state index contributed by atoms with van der Waals surface area (Å²) in [5.41, 5.74) is 2.53. The molecule has 0 aromatic carbocycles. The molecule has 0 saturated carbocycles. The van der Waals surface area contributed by atoms with Crippen molar-refractivity contribution >= 4 is 11.0 Å². The van der Waals surface area contributed by atoms with Crippen LogP contribution < -0.4 is 5.32 Å². The van der Waals surface area contributed by atoms with Gasteiger partial charge < -0.3 is 9.88 Å². The van der Waals surface area contributed by atoms with Crippen molar-refractivity contribution in [1.29, 1.82) is 0 Å². The van der Waals surface area contributed by atoms with Gasteiger partial charge in [-0.05, 0) is 17.7 Å². The summed E-state index contributed by atoms with van der Waals surface area (Å²) in [5.74, 6) is 0.683. The average Bonchev–Trinajstić information content (AvgIpc) is 2.43. The Morgan fingerprint density at radius 3 is 3.07 bits per heavy atom. The Bertz CT molecular complexity index is 468. The number of aryl methyl sites for hydroxylation is 1. The molecule has 1 fully saturated rings. The third-order valence-electron chi connectivity index (χ3n) is 2.99. The van der Waals surface area contributed by atoms with Crippen LogP contribution in [0.3, 0.4) is 0 Å². The van der Waals surface area contributed by atoms with Crippen LogP contribution in [0.25, 0.3) is 11.0 Å². The van der Waals surface area contributed by atoms with E-state index in [1.165, 1.54) is 10.9 Å².